The fourth-order valence-corrected chi connectivity index (χ4v) is 5.00. The summed E-state index contributed by atoms with van der Waals surface area (Å²) in [6.07, 6.45) is 1.19. The second kappa shape index (κ2) is 8.68. The third-order valence-corrected chi connectivity index (χ3v) is 6.73. The van der Waals surface area contributed by atoms with E-state index in [0.717, 1.165) is 30.3 Å². The molecule has 0 aromatic heterocycles. The lowest BCUT2D eigenvalue weighted by atomic mass is 10.2. The van der Waals surface area contributed by atoms with Gasteiger partial charge in [-0.1, -0.05) is 20.8 Å². The van der Waals surface area contributed by atoms with Gasteiger partial charge in [0.05, 0.1) is 6.61 Å². The van der Waals surface area contributed by atoms with Gasteiger partial charge in [-0.15, -0.1) is 0 Å². The van der Waals surface area contributed by atoms with Gasteiger partial charge in [0.1, 0.15) is 0 Å². The first-order chi connectivity index (χ1) is 8.19. The Morgan fingerprint density at radius 1 is 1.29 bits per heavy atom. The number of nitrogens with one attached hydrogen (secondary N) is 1. The molecule has 1 rings (SSSR count). The van der Waals surface area contributed by atoms with Crippen LogP contribution in [0, 0.1) is 0 Å². The summed E-state index contributed by atoms with van der Waals surface area (Å²) >= 11 is 4.25. The minimum Gasteiger partial charge on any atom is -0.380 e. The molecule has 0 saturated carbocycles. The van der Waals surface area contributed by atoms with E-state index in [1.807, 2.05) is 0 Å². The maximum atomic E-state index is 5.62. The molecular formula is C13H27NOS2. The van der Waals surface area contributed by atoms with E-state index in [1.165, 1.54) is 12.2 Å². The van der Waals surface area contributed by atoms with Crippen molar-refractivity contribution >= 4 is 23.5 Å². The first kappa shape index (κ1) is 15.7. The van der Waals surface area contributed by atoms with Gasteiger partial charge in [0.15, 0.2) is 0 Å². The van der Waals surface area contributed by atoms with Gasteiger partial charge in [-0.3, -0.25) is 0 Å². The van der Waals surface area contributed by atoms with Gasteiger partial charge in [-0.2, -0.15) is 23.5 Å². The predicted octanol–water partition coefficient (Wildman–Crippen LogP) is 3.02. The highest BCUT2D eigenvalue weighted by Gasteiger charge is 2.30. The number of thioether (sulfide) groups is 2. The molecule has 102 valence electrons. The summed E-state index contributed by atoms with van der Waals surface area (Å²) in [4.78, 5) is 0. The van der Waals surface area contributed by atoms with Crippen molar-refractivity contribution in [2.75, 3.05) is 25.5 Å². The van der Waals surface area contributed by atoms with Crippen molar-refractivity contribution in [3.05, 3.63) is 0 Å². The predicted molar refractivity (Wildman–Crippen MR) is 81.3 cm³/mol. The van der Waals surface area contributed by atoms with Gasteiger partial charge in [-0.25, -0.2) is 0 Å². The van der Waals surface area contributed by atoms with Crippen LogP contribution in [0.25, 0.3) is 0 Å². The molecule has 0 aromatic carbocycles. The molecule has 0 amide bonds. The highest BCUT2D eigenvalue weighted by Crippen LogP contribution is 2.37. The fourth-order valence-electron chi connectivity index (χ4n) is 1.89. The first-order valence-electron chi connectivity index (χ1n) is 6.77. The van der Waals surface area contributed by atoms with Crippen molar-refractivity contribution in [2.24, 2.45) is 0 Å². The summed E-state index contributed by atoms with van der Waals surface area (Å²) in [6.45, 7) is 11.8. The normalized spacial score (nSPS) is 31.4. The van der Waals surface area contributed by atoms with E-state index in [4.69, 9.17) is 4.74 Å². The Labute approximate surface area is 115 Å². The first-order valence-corrected chi connectivity index (χ1v) is 8.76. The SMILES string of the molecule is CCCNC(COCC)C1CSC(C)C(C)S1. The molecule has 0 bridgehead atoms. The lowest BCUT2D eigenvalue weighted by Gasteiger charge is -2.36. The van der Waals surface area contributed by atoms with Crippen LogP contribution in [0.15, 0.2) is 0 Å². The molecule has 1 heterocycles. The quantitative estimate of drug-likeness (QED) is 0.772. The number of hydrogen-bond acceptors (Lipinski definition) is 4. The van der Waals surface area contributed by atoms with E-state index in [0.29, 0.717) is 11.3 Å². The Morgan fingerprint density at radius 3 is 2.65 bits per heavy atom. The summed E-state index contributed by atoms with van der Waals surface area (Å²) in [5, 5.41) is 5.89. The van der Waals surface area contributed by atoms with Crippen LogP contribution in [0.2, 0.25) is 0 Å². The molecule has 0 aliphatic carbocycles. The zero-order valence-electron chi connectivity index (χ0n) is 11.6. The zero-order chi connectivity index (χ0) is 12.7. The zero-order valence-corrected chi connectivity index (χ0v) is 13.2. The van der Waals surface area contributed by atoms with Crippen LogP contribution in [0.4, 0.5) is 0 Å². The van der Waals surface area contributed by atoms with Gasteiger partial charge in [0.2, 0.25) is 0 Å². The van der Waals surface area contributed by atoms with E-state index in [2.05, 4.69) is 56.5 Å². The summed E-state index contributed by atoms with van der Waals surface area (Å²) < 4.78 is 5.62. The molecule has 4 heteroatoms. The molecule has 1 fully saturated rings. The van der Waals surface area contributed by atoms with Crippen LogP contribution in [0.5, 0.6) is 0 Å². The average molecular weight is 277 g/mol. The fraction of sp³-hybridized carbons (Fsp3) is 1.00. The van der Waals surface area contributed by atoms with E-state index >= 15 is 0 Å². The van der Waals surface area contributed by atoms with Crippen molar-refractivity contribution in [1.82, 2.24) is 5.32 Å². The summed E-state index contributed by atoms with van der Waals surface area (Å²) in [7, 11) is 0. The van der Waals surface area contributed by atoms with Gasteiger partial charge in [0.25, 0.3) is 0 Å². The second-order valence-corrected chi connectivity index (χ2v) is 7.67. The Hall–Kier alpha value is 0.620. The molecule has 0 spiro atoms. The lowest BCUT2D eigenvalue weighted by Crippen LogP contribution is -2.46. The molecule has 17 heavy (non-hydrogen) atoms. The maximum absolute atomic E-state index is 5.62. The van der Waals surface area contributed by atoms with Crippen LogP contribution in [-0.2, 0) is 4.74 Å². The highest BCUT2D eigenvalue weighted by molar-refractivity contribution is 8.07. The Bertz CT molecular complexity index is 196. The second-order valence-electron chi connectivity index (χ2n) is 4.64. The molecule has 0 aromatic rings. The van der Waals surface area contributed by atoms with Crippen molar-refractivity contribution < 1.29 is 4.74 Å². The molecule has 1 saturated heterocycles. The van der Waals surface area contributed by atoms with E-state index < -0.39 is 0 Å². The third kappa shape index (κ3) is 5.41. The molecular weight excluding hydrogens is 250 g/mol. The standard InChI is InChI=1S/C13H27NOS2/c1-5-7-14-12(8-15-6-2)13-9-16-10(3)11(4)17-13/h10-14H,5-9H2,1-4H3. The van der Waals surface area contributed by atoms with E-state index in [-0.39, 0.29) is 0 Å². The van der Waals surface area contributed by atoms with Crippen molar-refractivity contribution in [1.29, 1.82) is 0 Å². The van der Waals surface area contributed by atoms with Crippen LogP contribution in [0.1, 0.15) is 34.1 Å². The summed E-state index contributed by atoms with van der Waals surface area (Å²) in [5.74, 6) is 1.25. The number of hydrogen-bond donors (Lipinski definition) is 1. The molecule has 0 radical (unpaired) electrons. The molecule has 1 N–H and O–H groups in total. The highest BCUT2D eigenvalue weighted by atomic mass is 32.2. The van der Waals surface area contributed by atoms with E-state index in [1.54, 1.807) is 0 Å². The van der Waals surface area contributed by atoms with Crippen molar-refractivity contribution in [3.8, 4) is 0 Å². The van der Waals surface area contributed by atoms with Gasteiger partial charge in [0, 0.05) is 34.2 Å². The monoisotopic (exact) mass is 277 g/mol. The van der Waals surface area contributed by atoms with Crippen molar-refractivity contribution in [3.63, 3.8) is 0 Å². The van der Waals surface area contributed by atoms with Gasteiger partial charge >= 0.3 is 0 Å². The van der Waals surface area contributed by atoms with Crippen molar-refractivity contribution in [2.45, 2.75) is 55.9 Å². The summed E-state index contributed by atoms with van der Waals surface area (Å²) in [6, 6.07) is 0.516. The Balaban J connectivity index is 2.44. The largest absolute Gasteiger partial charge is 0.380 e. The minimum atomic E-state index is 0.516. The molecule has 2 nitrogen and oxygen atoms in total. The number of rotatable bonds is 7. The van der Waals surface area contributed by atoms with Crippen LogP contribution in [-0.4, -0.2) is 47.3 Å². The van der Waals surface area contributed by atoms with Gasteiger partial charge in [-0.05, 0) is 19.9 Å². The maximum Gasteiger partial charge on any atom is 0.0630 e. The minimum absolute atomic E-state index is 0.516. The smallest absolute Gasteiger partial charge is 0.0630 e. The third-order valence-electron chi connectivity index (χ3n) is 3.18. The Kier molecular flexibility index (Phi) is 8.00. The van der Waals surface area contributed by atoms with Crippen LogP contribution < -0.4 is 5.32 Å². The van der Waals surface area contributed by atoms with E-state index in [9.17, 15) is 0 Å². The summed E-state index contributed by atoms with van der Waals surface area (Å²) in [5.41, 5.74) is 0. The van der Waals surface area contributed by atoms with Gasteiger partial charge < -0.3 is 10.1 Å². The lowest BCUT2D eigenvalue weighted by molar-refractivity contribution is 0.123. The van der Waals surface area contributed by atoms with Crippen LogP contribution in [0.3, 0.4) is 0 Å². The van der Waals surface area contributed by atoms with Crippen LogP contribution >= 0.6 is 23.5 Å². The average Bonchev–Trinajstić information content (AvgIpc) is 2.33. The molecule has 4 unspecified atom stereocenters. The number of ether oxygens (including phenoxy) is 1. The molecule has 4 atom stereocenters. The Morgan fingerprint density at radius 2 is 2.06 bits per heavy atom. The topological polar surface area (TPSA) is 21.3 Å². The molecule has 1 aliphatic rings. The molecule has 1 aliphatic heterocycles.